The molecule has 1 fully saturated rings. The van der Waals surface area contributed by atoms with Gasteiger partial charge in [-0.25, -0.2) is 4.79 Å². The molecule has 7 heteroatoms. The Morgan fingerprint density at radius 1 is 1.06 bits per heavy atom. The number of hydrogen-bond donors (Lipinski definition) is 1. The quantitative estimate of drug-likeness (QED) is 0.496. The monoisotopic (exact) mass is 477 g/mol. The van der Waals surface area contributed by atoms with Gasteiger partial charge in [-0.05, 0) is 60.6 Å². The van der Waals surface area contributed by atoms with Crippen molar-refractivity contribution in [2.45, 2.75) is 12.6 Å². The van der Waals surface area contributed by atoms with Crippen molar-refractivity contribution >= 4 is 23.6 Å². The normalized spacial score (nSPS) is 15.5. The van der Waals surface area contributed by atoms with E-state index < -0.39 is 0 Å². The molecule has 0 aromatic heterocycles. The summed E-state index contributed by atoms with van der Waals surface area (Å²) in [4.78, 5) is 28.5. The van der Waals surface area contributed by atoms with Gasteiger partial charge in [0.25, 0.3) is 5.91 Å². The lowest BCUT2D eigenvalue weighted by Crippen LogP contribution is -2.31. The highest BCUT2D eigenvalue weighted by Crippen LogP contribution is 2.29. The molecule has 0 unspecified atom stereocenters. The van der Waals surface area contributed by atoms with E-state index in [1.54, 1.807) is 17.0 Å². The van der Waals surface area contributed by atoms with Crippen molar-refractivity contribution in [2.75, 3.05) is 33.7 Å². The highest BCUT2D eigenvalue weighted by Gasteiger charge is 2.32. The summed E-state index contributed by atoms with van der Waals surface area (Å²) < 4.78 is 5.55. The molecule has 1 atom stereocenters. The molecule has 6 nitrogen and oxygen atoms in total. The largest absolute Gasteiger partial charge is 0.439 e. The zero-order chi connectivity index (χ0) is 24.1. The molecular formula is C27H28ClN3O3. The van der Waals surface area contributed by atoms with Gasteiger partial charge >= 0.3 is 6.09 Å². The molecule has 176 valence electrons. The summed E-state index contributed by atoms with van der Waals surface area (Å²) in [5.41, 5.74) is 4.55. The van der Waals surface area contributed by atoms with E-state index in [9.17, 15) is 9.59 Å². The zero-order valence-corrected chi connectivity index (χ0v) is 20.1. The molecule has 0 spiro atoms. The molecule has 1 aliphatic rings. The van der Waals surface area contributed by atoms with E-state index in [-0.39, 0.29) is 18.1 Å². The van der Waals surface area contributed by atoms with Crippen LogP contribution in [-0.2, 0) is 11.3 Å². The summed E-state index contributed by atoms with van der Waals surface area (Å²) in [6.45, 7) is 2.35. The molecule has 3 aromatic rings. The Labute approximate surface area is 205 Å². The Kier molecular flexibility index (Phi) is 7.50. The smallest absolute Gasteiger partial charge is 0.410 e. The Morgan fingerprint density at radius 3 is 2.50 bits per heavy atom. The molecule has 34 heavy (non-hydrogen) atoms. The Hall–Kier alpha value is -3.35. The van der Waals surface area contributed by atoms with Crippen LogP contribution < -0.4 is 5.32 Å². The average Bonchev–Trinajstić information content (AvgIpc) is 3.19. The van der Waals surface area contributed by atoms with Gasteiger partial charge in [-0.2, -0.15) is 0 Å². The van der Waals surface area contributed by atoms with E-state index in [2.05, 4.69) is 5.32 Å². The van der Waals surface area contributed by atoms with Crippen molar-refractivity contribution in [3.63, 3.8) is 0 Å². The number of likely N-dealkylation sites (N-methyl/N-ethyl adjacent to an activating group) is 1. The van der Waals surface area contributed by atoms with Crippen LogP contribution in [0.4, 0.5) is 4.79 Å². The molecule has 1 N–H and O–H groups in total. The van der Waals surface area contributed by atoms with Gasteiger partial charge in [0.1, 0.15) is 6.10 Å². The van der Waals surface area contributed by atoms with Crippen molar-refractivity contribution in [1.29, 1.82) is 0 Å². The predicted molar refractivity (Wildman–Crippen MR) is 134 cm³/mol. The highest BCUT2D eigenvalue weighted by atomic mass is 35.5. The van der Waals surface area contributed by atoms with Crippen LogP contribution in [0, 0.1) is 0 Å². The van der Waals surface area contributed by atoms with Gasteiger partial charge in [-0.3, -0.25) is 9.69 Å². The number of carbonyl (C=O) groups excluding carboxylic acids is 2. The molecule has 2 amide bonds. The number of carbonyl (C=O) groups is 2. The fourth-order valence-corrected chi connectivity index (χ4v) is 3.97. The Balaban J connectivity index is 1.38. The first-order valence-corrected chi connectivity index (χ1v) is 11.6. The van der Waals surface area contributed by atoms with Crippen LogP contribution in [0.3, 0.4) is 0 Å². The topological polar surface area (TPSA) is 61.9 Å². The number of rotatable bonds is 8. The summed E-state index contributed by atoms with van der Waals surface area (Å²) in [6, 6.07) is 23.0. The molecule has 1 aliphatic heterocycles. The van der Waals surface area contributed by atoms with Crippen LogP contribution in [0.2, 0.25) is 5.02 Å². The third-order valence-electron chi connectivity index (χ3n) is 5.76. The van der Waals surface area contributed by atoms with E-state index in [4.69, 9.17) is 16.3 Å². The zero-order valence-electron chi connectivity index (χ0n) is 19.3. The predicted octanol–water partition coefficient (Wildman–Crippen LogP) is 4.99. The van der Waals surface area contributed by atoms with Crippen molar-refractivity contribution in [1.82, 2.24) is 15.1 Å². The highest BCUT2D eigenvalue weighted by molar-refractivity contribution is 6.30. The van der Waals surface area contributed by atoms with E-state index >= 15 is 0 Å². The van der Waals surface area contributed by atoms with Gasteiger partial charge in [0.05, 0.1) is 6.54 Å². The van der Waals surface area contributed by atoms with Crippen LogP contribution in [0.1, 0.15) is 27.6 Å². The van der Waals surface area contributed by atoms with Crippen LogP contribution in [0.25, 0.3) is 11.1 Å². The maximum absolute atomic E-state index is 12.4. The number of amides is 2. The number of hydrogen-bond acceptors (Lipinski definition) is 4. The van der Waals surface area contributed by atoms with Crippen molar-refractivity contribution in [3.05, 3.63) is 94.5 Å². The van der Waals surface area contributed by atoms with Crippen LogP contribution in [0.15, 0.2) is 72.8 Å². The van der Waals surface area contributed by atoms with Gasteiger partial charge in [0, 0.05) is 30.2 Å². The fourth-order valence-electron chi connectivity index (χ4n) is 3.85. The Morgan fingerprint density at radius 2 is 1.79 bits per heavy atom. The molecule has 3 aromatic carbocycles. The summed E-state index contributed by atoms with van der Waals surface area (Å²) in [5.74, 6) is -0.0805. The van der Waals surface area contributed by atoms with E-state index in [0.29, 0.717) is 30.2 Å². The number of halogens is 1. The standard InChI is InChI=1S/C27H28ClN3O3/c1-30(2)15-14-29-26(32)23-5-3-4-22(16-23)20-8-6-19(7-9-20)17-31-18-25(34-27(31)33)21-10-12-24(28)13-11-21/h3-13,16,25H,14-15,17-18H2,1-2H3,(H,29,32)/t25-/m0/s1. The average molecular weight is 478 g/mol. The maximum Gasteiger partial charge on any atom is 0.410 e. The Bertz CT molecular complexity index is 1150. The first-order chi connectivity index (χ1) is 16.4. The number of cyclic esters (lactones) is 1. The summed E-state index contributed by atoms with van der Waals surface area (Å²) >= 11 is 5.95. The van der Waals surface area contributed by atoms with Crippen molar-refractivity contribution < 1.29 is 14.3 Å². The van der Waals surface area contributed by atoms with Gasteiger partial charge < -0.3 is 15.0 Å². The molecule has 1 heterocycles. The van der Waals surface area contributed by atoms with Gasteiger partial charge in [-0.1, -0.05) is 60.1 Å². The number of nitrogens with zero attached hydrogens (tertiary/aromatic N) is 2. The number of nitrogens with one attached hydrogen (secondary N) is 1. The van der Waals surface area contributed by atoms with Gasteiger partial charge in [0.2, 0.25) is 0 Å². The fraction of sp³-hybridized carbons (Fsp3) is 0.259. The third-order valence-corrected chi connectivity index (χ3v) is 6.01. The minimum atomic E-state index is -0.322. The molecule has 1 saturated heterocycles. The third kappa shape index (κ3) is 5.95. The van der Waals surface area contributed by atoms with E-state index in [1.807, 2.05) is 79.7 Å². The van der Waals surface area contributed by atoms with Crippen LogP contribution in [0.5, 0.6) is 0 Å². The molecule has 0 aliphatic carbocycles. The lowest BCUT2D eigenvalue weighted by molar-refractivity contribution is 0.0951. The van der Waals surface area contributed by atoms with Crippen LogP contribution in [-0.4, -0.2) is 55.5 Å². The summed E-state index contributed by atoms with van der Waals surface area (Å²) in [7, 11) is 3.95. The second-order valence-electron chi connectivity index (χ2n) is 8.64. The van der Waals surface area contributed by atoms with Crippen molar-refractivity contribution in [2.24, 2.45) is 0 Å². The van der Waals surface area contributed by atoms with Gasteiger partial charge in [-0.15, -0.1) is 0 Å². The molecule has 0 radical (unpaired) electrons. The first-order valence-electron chi connectivity index (χ1n) is 11.2. The second kappa shape index (κ2) is 10.7. The molecular weight excluding hydrogens is 450 g/mol. The van der Waals surface area contributed by atoms with Crippen LogP contribution >= 0.6 is 11.6 Å². The molecule has 0 bridgehead atoms. The summed E-state index contributed by atoms with van der Waals surface area (Å²) in [5, 5.41) is 3.60. The minimum Gasteiger partial charge on any atom is -0.439 e. The second-order valence-corrected chi connectivity index (χ2v) is 9.08. The lowest BCUT2D eigenvalue weighted by Gasteiger charge is -2.14. The maximum atomic E-state index is 12.4. The summed E-state index contributed by atoms with van der Waals surface area (Å²) in [6.07, 6.45) is -0.618. The molecule has 0 saturated carbocycles. The van der Waals surface area contributed by atoms with Gasteiger partial charge in [0.15, 0.2) is 0 Å². The van der Waals surface area contributed by atoms with E-state index in [1.165, 1.54) is 0 Å². The number of ether oxygens (including phenoxy) is 1. The first kappa shape index (κ1) is 23.8. The lowest BCUT2D eigenvalue weighted by atomic mass is 10.0. The molecule has 4 rings (SSSR count). The number of benzene rings is 3. The SMILES string of the molecule is CN(C)CCNC(=O)c1cccc(-c2ccc(CN3C[C@@H](c4ccc(Cl)cc4)OC3=O)cc2)c1. The minimum absolute atomic E-state index is 0.0805. The van der Waals surface area contributed by atoms with E-state index in [0.717, 1.165) is 28.8 Å². The van der Waals surface area contributed by atoms with Crippen molar-refractivity contribution in [3.8, 4) is 11.1 Å².